The first-order valence-corrected chi connectivity index (χ1v) is 16.7. The lowest BCUT2D eigenvalue weighted by atomic mass is 9.82. The van der Waals surface area contributed by atoms with Crippen LogP contribution in [0.1, 0.15) is 36.1 Å². The summed E-state index contributed by atoms with van der Waals surface area (Å²) in [6, 6.07) is 65.6. The third-order valence-corrected chi connectivity index (χ3v) is 9.67. The van der Waals surface area contributed by atoms with E-state index >= 15 is 0 Å². The molecule has 0 saturated carbocycles. The fourth-order valence-corrected chi connectivity index (χ4v) is 7.22. The van der Waals surface area contributed by atoms with Crippen molar-refractivity contribution < 1.29 is 0 Å². The van der Waals surface area contributed by atoms with E-state index in [0.29, 0.717) is 0 Å². The van der Waals surface area contributed by atoms with Crippen LogP contribution in [0.4, 0.5) is 34.1 Å². The number of nitrogens with zero attached hydrogens (tertiary/aromatic N) is 2. The van der Waals surface area contributed by atoms with Gasteiger partial charge in [0.25, 0.3) is 0 Å². The van der Waals surface area contributed by atoms with Crippen LogP contribution in [0.5, 0.6) is 0 Å². The molecule has 0 fully saturated rings. The van der Waals surface area contributed by atoms with Crippen LogP contribution in [0, 0.1) is 0 Å². The second-order valence-corrected chi connectivity index (χ2v) is 13.1. The van der Waals surface area contributed by atoms with Crippen molar-refractivity contribution in [2.45, 2.75) is 25.7 Å². The summed E-state index contributed by atoms with van der Waals surface area (Å²) >= 11 is 0. The normalized spacial score (nSPS) is 12.6. The van der Waals surface area contributed by atoms with Crippen molar-refractivity contribution in [3.05, 3.63) is 204 Å². The molecule has 0 amide bonds. The Kier molecular flexibility index (Phi) is 7.62. The van der Waals surface area contributed by atoms with Crippen molar-refractivity contribution in [1.29, 1.82) is 0 Å². The van der Waals surface area contributed by atoms with Gasteiger partial charge in [-0.3, -0.25) is 0 Å². The van der Waals surface area contributed by atoms with Crippen LogP contribution in [0.3, 0.4) is 0 Å². The molecule has 8 rings (SSSR count). The minimum absolute atomic E-state index is 0.0527. The molecule has 7 aromatic carbocycles. The highest BCUT2D eigenvalue weighted by Gasteiger charge is 2.35. The molecule has 0 atom stereocenters. The zero-order valence-electron chi connectivity index (χ0n) is 27.4. The van der Waals surface area contributed by atoms with E-state index < -0.39 is 0 Å². The van der Waals surface area contributed by atoms with E-state index in [4.69, 9.17) is 0 Å². The highest BCUT2D eigenvalue weighted by Crippen LogP contribution is 2.50. The Morgan fingerprint density at radius 2 is 0.729 bits per heavy atom. The third-order valence-electron chi connectivity index (χ3n) is 9.67. The van der Waals surface area contributed by atoms with Crippen molar-refractivity contribution in [2.75, 3.05) is 9.80 Å². The smallest absolute Gasteiger partial charge is 0.0465 e. The van der Waals surface area contributed by atoms with Gasteiger partial charge in [0.05, 0.1) is 0 Å². The first kappa shape index (κ1) is 29.5. The van der Waals surface area contributed by atoms with Crippen LogP contribution < -0.4 is 9.80 Å². The van der Waals surface area contributed by atoms with Crippen LogP contribution in [-0.2, 0) is 11.8 Å². The Morgan fingerprint density at radius 1 is 0.354 bits per heavy atom. The fraction of sp³-hybridized carbons (Fsp3) is 0.0870. The van der Waals surface area contributed by atoms with Crippen LogP contribution >= 0.6 is 0 Å². The van der Waals surface area contributed by atoms with Gasteiger partial charge in [-0.2, -0.15) is 0 Å². The van der Waals surface area contributed by atoms with Gasteiger partial charge < -0.3 is 9.80 Å². The van der Waals surface area contributed by atoms with Crippen LogP contribution in [-0.4, -0.2) is 0 Å². The zero-order valence-corrected chi connectivity index (χ0v) is 27.4. The average Bonchev–Trinajstić information content (AvgIpc) is 3.37. The topological polar surface area (TPSA) is 6.48 Å². The Hall–Kier alpha value is -5.86. The van der Waals surface area contributed by atoms with E-state index in [0.717, 1.165) is 34.9 Å². The Labute approximate surface area is 284 Å². The van der Waals surface area contributed by atoms with E-state index in [-0.39, 0.29) is 5.41 Å². The molecule has 0 aliphatic heterocycles. The summed E-state index contributed by atoms with van der Waals surface area (Å²) in [5.74, 6) is 0. The summed E-state index contributed by atoms with van der Waals surface area (Å²) in [7, 11) is 0. The lowest BCUT2D eigenvalue weighted by Crippen LogP contribution is -2.16. The van der Waals surface area contributed by atoms with E-state index in [1.807, 2.05) is 0 Å². The SMILES string of the molecule is CC1(C)c2ccccc2-c2ccc(N(c3ccccc3)c3ccc(Cc4ccc(N(c5ccccc5)c5ccccc5)cc4)cc3)cc21. The summed E-state index contributed by atoms with van der Waals surface area (Å²) in [5.41, 5.74) is 14.9. The quantitative estimate of drug-likeness (QED) is 0.167. The summed E-state index contributed by atoms with van der Waals surface area (Å²) < 4.78 is 0. The van der Waals surface area contributed by atoms with Crippen LogP contribution in [0.25, 0.3) is 11.1 Å². The first-order chi connectivity index (χ1) is 23.6. The second kappa shape index (κ2) is 12.4. The van der Waals surface area contributed by atoms with Gasteiger partial charge in [0.2, 0.25) is 0 Å². The number of hydrogen-bond acceptors (Lipinski definition) is 2. The second-order valence-electron chi connectivity index (χ2n) is 13.1. The van der Waals surface area contributed by atoms with E-state index in [9.17, 15) is 0 Å². The predicted molar refractivity (Wildman–Crippen MR) is 203 cm³/mol. The summed E-state index contributed by atoms with van der Waals surface area (Å²) in [5, 5.41) is 0. The number of hydrogen-bond donors (Lipinski definition) is 0. The molecule has 0 bridgehead atoms. The molecule has 2 heteroatoms. The van der Waals surface area contributed by atoms with Gasteiger partial charge in [-0.1, -0.05) is 123 Å². The molecule has 1 aliphatic carbocycles. The van der Waals surface area contributed by atoms with Gasteiger partial charge in [0.1, 0.15) is 0 Å². The van der Waals surface area contributed by atoms with Crippen LogP contribution in [0.15, 0.2) is 182 Å². The molecule has 0 unspecified atom stereocenters. The van der Waals surface area contributed by atoms with Gasteiger partial charge in [-0.05, 0) is 113 Å². The maximum absolute atomic E-state index is 2.39. The van der Waals surface area contributed by atoms with Crippen molar-refractivity contribution in [1.82, 2.24) is 0 Å². The third kappa shape index (κ3) is 5.46. The standard InChI is InChI=1S/C46H38N2/c1-46(2)44-21-13-12-20-42(44)43-31-30-41(33-45(43)46)48(38-18-10-5-11-19-38)40-28-24-35(25-29-40)32-34-22-26-39(27-23-34)47(36-14-6-3-7-15-36)37-16-8-4-9-17-37/h3-31,33H,32H2,1-2H3. The minimum Gasteiger partial charge on any atom is -0.311 e. The number of para-hydroxylation sites is 3. The first-order valence-electron chi connectivity index (χ1n) is 16.7. The van der Waals surface area contributed by atoms with Crippen molar-refractivity contribution in [2.24, 2.45) is 0 Å². The molecule has 1 aliphatic rings. The lowest BCUT2D eigenvalue weighted by Gasteiger charge is -2.28. The van der Waals surface area contributed by atoms with E-state index in [1.54, 1.807) is 0 Å². The molecule has 0 heterocycles. The number of benzene rings is 7. The number of anilines is 6. The zero-order chi connectivity index (χ0) is 32.5. The van der Waals surface area contributed by atoms with E-state index in [1.165, 1.54) is 39.1 Å². The van der Waals surface area contributed by atoms with Crippen molar-refractivity contribution in [3.8, 4) is 11.1 Å². The molecule has 232 valence electrons. The Morgan fingerprint density at radius 3 is 1.23 bits per heavy atom. The molecule has 0 radical (unpaired) electrons. The minimum atomic E-state index is -0.0527. The van der Waals surface area contributed by atoms with Gasteiger partial charge in [-0.25, -0.2) is 0 Å². The summed E-state index contributed by atoms with van der Waals surface area (Å²) in [6.45, 7) is 4.69. The van der Waals surface area contributed by atoms with Crippen molar-refractivity contribution >= 4 is 34.1 Å². The highest BCUT2D eigenvalue weighted by molar-refractivity contribution is 5.85. The van der Waals surface area contributed by atoms with Crippen LogP contribution in [0.2, 0.25) is 0 Å². The lowest BCUT2D eigenvalue weighted by molar-refractivity contribution is 0.660. The molecular formula is C46H38N2. The molecule has 2 nitrogen and oxygen atoms in total. The predicted octanol–water partition coefficient (Wildman–Crippen LogP) is 12.5. The maximum atomic E-state index is 2.39. The molecule has 0 N–H and O–H groups in total. The fourth-order valence-electron chi connectivity index (χ4n) is 7.22. The van der Waals surface area contributed by atoms with Gasteiger partial charge in [-0.15, -0.1) is 0 Å². The van der Waals surface area contributed by atoms with Gasteiger partial charge in [0, 0.05) is 39.5 Å². The molecule has 0 spiro atoms. The van der Waals surface area contributed by atoms with E-state index in [2.05, 4.69) is 206 Å². The monoisotopic (exact) mass is 618 g/mol. The molecule has 7 aromatic rings. The average molecular weight is 619 g/mol. The molecule has 0 aromatic heterocycles. The Bertz CT molecular complexity index is 2110. The number of fused-ring (bicyclic) bond motifs is 3. The molecule has 48 heavy (non-hydrogen) atoms. The summed E-state index contributed by atoms with van der Waals surface area (Å²) in [4.78, 5) is 4.68. The van der Waals surface area contributed by atoms with Gasteiger partial charge >= 0.3 is 0 Å². The Balaban J connectivity index is 1.07. The summed E-state index contributed by atoms with van der Waals surface area (Å²) in [6.07, 6.45) is 0.869. The molecular weight excluding hydrogens is 581 g/mol. The van der Waals surface area contributed by atoms with Crippen molar-refractivity contribution in [3.63, 3.8) is 0 Å². The number of rotatable bonds is 8. The maximum Gasteiger partial charge on any atom is 0.0465 e. The highest BCUT2D eigenvalue weighted by atomic mass is 15.1. The van der Waals surface area contributed by atoms with Gasteiger partial charge in [0.15, 0.2) is 0 Å². The molecule has 0 saturated heterocycles. The largest absolute Gasteiger partial charge is 0.311 e.